The van der Waals surface area contributed by atoms with E-state index in [1.165, 1.54) is 12.1 Å². The Balaban J connectivity index is 1.52. The maximum absolute atomic E-state index is 13.6. The van der Waals surface area contributed by atoms with Crippen LogP contribution in [0.3, 0.4) is 0 Å². The first-order valence-electron chi connectivity index (χ1n) is 11.2. The van der Waals surface area contributed by atoms with Gasteiger partial charge in [0.25, 0.3) is 11.8 Å². The fourth-order valence-electron chi connectivity index (χ4n) is 4.42. The summed E-state index contributed by atoms with van der Waals surface area (Å²) in [6.45, 7) is 5.16. The molecule has 2 N–H and O–H groups in total. The Bertz CT molecular complexity index is 1190. The van der Waals surface area contributed by atoms with Gasteiger partial charge in [0.2, 0.25) is 0 Å². The fourth-order valence-corrected chi connectivity index (χ4v) is 4.42. The van der Waals surface area contributed by atoms with Crippen molar-refractivity contribution in [1.29, 1.82) is 0 Å². The molecule has 1 aliphatic rings. The highest BCUT2D eigenvalue weighted by atomic mass is 19.1. The second kappa shape index (κ2) is 9.57. The minimum Gasteiger partial charge on any atom is -0.483 e. The number of likely N-dealkylation sites (tertiary alicyclic amines) is 1. The van der Waals surface area contributed by atoms with Crippen LogP contribution < -0.4 is 10.5 Å². The van der Waals surface area contributed by atoms with Crippen molar-refractivity contribution in [2.45, 2.75) is 38.5 Å². The molecule has 0 unspecified atom stereocenters. The van der Waals surface area contributed by atoms with E-state index < -0.39 is 11.7 Å². The summed E-state index contributed by atoms with van der Waals surface area (Å²) < 4.78 is 19.5. The molecule has 2 amide bonds. The van der Waals surface area contributed by atoms with E-state index in [1.54, 1.807) is 17.0 Å². The monoisotopic (exact) mass is 449 g/mol. The molecule has 1 fully saturated rings. The summed E-state index contributed by atoms with van der Waals surface area (Å²) in [7, 11) is 0. The number of ether oxygens (including phenoxy) is 1. The van der Waals surface area contributed by atoms with Gasteiger partial charge in [-0.15, -0.1) is 0 Å². The van der Waals surface area contributed by atoms with Crippen LogP contribution in [0.1, 0.15) is 60.1 Å². The number of piperidine rings is 1. The number of fused-ring (bicyclic) bond motifs is 1. The van der Waals surface area contributed by atoms with Gasteiger partial charge in [-0.3, -0.25) is 14.6 Å². The average Bonchev–Trinajstić information content (AvgIpc) is 2.81. The Labute approximate surface area is 192 Å². The molecule has 0 aliphatic carbocycles. The summed E-state index contributed by atoms with van der Waals surface area (Å²) in [4.78, 5) is 31.5. The van der Waals surface area contributed by atoms with Gasteiger partial charge in [-0.25, -0.2) is 4.39 Å². The molecule has 3 aromatic rings. The molecular formula is C26H28FN3O3. The van der Waals surface area contributed by atoms with Crippen molar-refractivity contribution in [2.75, 3.05) is 19.7 Å². The number of benzene rings is 2. The maximum atomic E-state index is 13.6. The van der Waals surface area contributed by atoms with Gasteiger partial charge >= 0.3 is 0 Å². The van der Waals surface area contributed by atoms with Crippen LogP contribution in [0.25, 0.3) is 10.9 Å². The van der Waals surface area contributed by atoms with E-state index in [4.69, 9.17) is 10.5 Å². The van der Waals surface area contributed by atoms with E-state index in [1.807, 2.05) is 24.3 Å². The summed E-state index contributed by atoms with van der Waals surface area (Å²) in [5.41, 5.74) is 8.11. The van der Waals surface area contributed by atoms with Gasteiger partial charge < -0.3 is 15.4 Å². The zero-order chi connectivity index (χ0) is 23.5. The maximum Gasteiger partial charge on any atom is 0.260 e. The lowest BCUT2D eigenvalue weighted by atomic mass is 9.90. The van der Waals surface area contributed by atoms with Crippen LogP contribution >= 0.6 is 0 Å². The van der Waals surface area contributed by atoms with Crippen LogP contribution in [0.4, 0.5) is 4.39 Å². The van der Waals surface area contributed by atoms with Gasteiger partial charge in [-0.2, -0.15) is 0 Å². The third-order valence-electron chi connectivity index (χ3n) is 6.12. The normalized spacial score (nSPS) is 16.2. The number of rotatable bonds is 6. The van der Waals surface area contributed by atoms with Crippen LogP contribution in [0.2, 0.25) is 0 Å². The lowest BCUT2D eigenvalue weighted by Crippen LogP contribution is -2.42. The number of halogens is 1. The Morgan fingerprint density at radius 3 is 2.76 bits per heavy atom. The van der Waals surface area contributed by atoms with Crippen molar-refractivity contribution in [1.82, 2.24) is 9.88 Å². The first kappa shape index (κ1) is 22.7. The number of primary amides is 1. The number of aromatic nitrogens is 1. The molecule has 6 nitrogen and oxygen atoms in total. The van der Waals surface area contributed by atoms with Gasteiger partial charge in [0.05, 0.1) is 16.8 Å². The van der Waals surface area contributed by atoms with Gasteiger partial charge in [-0.05, 0) is 54.7 Å². The highest BCUT2D eigenvalue weighted by Crippen LogP contribution is 2.31. The smallest absolute Gasteiger partial charge is 0.260 e. The van der Waals surface area contributed by atoms with Crippen LogP contribution in [-0.2, 0) is 4.79 Å². The topological polar surface area (TPSA) is 85.5 Å². The summed E-state index contributed by atoms with van der Waals surface area (Å²) >= 11 is 0. The van der Waals surface area contributed by atoms with Crippen LogP contribution in [-0.4, -0.2) is 41.4 Å². The van der Waals surface area contributed by atoms with Crippen molar-refractivity contribution in [3.63, 3.8) is 0 Å². The number of nitrogens with two attached hydrogens (primary N) is 1. The molecule has 2 heterocycles. The van der Waals surface area contributed by atoms with Crippen molar-refractivity contribution >= 4 is 22.7 Å². The summed E-state index contributed by atoms with van der Waals surface area (Å²) in [5.74, 6) is -0.254. The zero-order valence-electron chi connectivity index (χ0n) is 18.9. The van der Waals surface area contributed by atoms with Gasteiger partial charge in [0.1, 0.15) is 11.6 Å². The molecule has 0 bridgehead atoms. The number of hydrogen-bond acceptors (Lipinski definition) is 4. The number of para-hydroxylation sites is 1. The van der Waals surface area contributed by atoms with E-state index in [-0.39, 0.29) is 29.9 Å². The van der Waals surface area contributed by atoms with Gasteiger partial charge in [0, 0.05) is 24.4 Å². The predicted molar refractivity (Wildman–Crippen MR) is 125 cm³/mol. The van der Waals surface area contributed by atoms with Crippen molar-refractivity contribution in [2.24, 2.45) is 5.73 Å². The van der Waals surface area contributed by atoms with Crippen LogP contribution in [0.5, 0.6) is 5.75 Å². The first-order valence-corrected chi connectivity index (χ1v) is 11.2. The largest absolute Gasteiger partial charge is 0.483 e. The fraction of sp³-hybridized carbons (Fsp3) is 0.346. The van der Waals surface area contributed by atoms with Crippen molar-refractivity contribution in [3.05, 3.63) is 71.2 Å². The van der Waals surface area contributed by atoms with E-state index in [0.29, 0.717) is 35.4 Å². The number of nitrogens with zero attached hydrogens (tertiary/aromatic N) is 2. The number of hydrogen-bond donors (Lipinski definition) is 1. The molecule has 0 spiro atoms. The number of carbonyl (C=O) groups excluding carboxylic acids is 2. The lowest BCUT2D eigenvalue weighted by molar-refractivity contribution is -0.134. The zero-order valence-corrected chi connectivity index (χ0v) is 18.9. The number of pyridine rings is 1. The van der Waals surface area contributed by atoms with Crippen molar-refractivity contribution in [3.8, 4) is 5.75 Å². The SMILES string of the molecule is CC(C)c1ccccc1OCC(=O)N1CCC[C@H](c2nc3ccc(F)cc3cc2C(N)=O)C1. The molecule has 1 atom stereocenters. The van der Waals surface area contributed by atoms with Gasteiger partial charge in [-0.1, -0.05) is 32.0 Å². The molecule has 2 aromatic carbocycles. The Kier molecular flexibility index (Phi) is 6.58. The summed E-state index contributed by atoms with van der Waals surface area (Å²) in [5, 5.41) is 0.522. The van der Waals surface area contributed by atoms with E-state index in [0.717, 1.165) is 18.4 Å². The predicted octanol–water partition coefficient (Wildman–Crippen LogP) is 4.38. The highest BCUT2D eigenvalue weighted by Gasteiger charge is 2.29. The standard InChI is InChI=1S/C26H28FN3O3/c1-16(2)20-7-3-4-8-23(20)33-15-24(31)30-11-5-6-17(14-30)25-21(26(28)32)13-18-12-19(27)9-10-22(18)29-25/h3-4,7-10,12-13,16-17H,5-6,11,14-15H2,1-2H3,(H2,28,32)/t17-/m0/s1. The molecule has 0 radical (unpaired) electrons. The lowest BCUT2D eigenvalue weighted by Gasteiger charge is -2.33. The Morgan fingerprint density at radius 2 is 2.00 bits per heavy atom. The molecule has 33 heavy (non-hydrogen) atoms. The molecule has 7 heteroatoms. The third-order valence-corrected chi connectivity index (χ3v) is 6.12. The quantitative estimate of drug-likeness (QED) is 0.605. The van der Waals surface area contributed by atoms with E-state index in [9.17, 15) is 14.0 Å². The second-order valence-electron chi connectivity index (χ2n) is 8.78. The van der Waals surface area contributed by atoms with Crippen LogP contribution in [0, 0.1) is 5.82 Å². The highest BCUT2D eigenvalue weighted by molar-refractivity contribution is 5.98. The molecule has 4 rings (SSSR count). The molecule has 1 aliphatic heterocycles. The third kappa shape index (κ3) is 4.97. The summed E-state index contributed by atoms with van der Waals surface area (Å²) in [6.07, 6.45) is 1.56. The first-order chi connectivity index (χ1) is 15.8. The average molecular weight is 450 g/mol. The van der Waals surface area contributed by atoms with E-state index in [2.05, 4.69) is 18.8 Å². The molecule has 1 saturated heterocycles. The van der Waals surface area contributed by atoms with Crippen LogP contribution in [0.15, 0.2) is 48.5 Å². The second-order valence-corrected chi connectivity index (χ2v) is 8.78. The number of carbonyl (C=O) groups is 2. The van der Waals surface area contributed by atoms with Gasteiger partial charge in [0.15, 0.2) is 6.61 Å². The molecule has 0 saturated carbocycles. The van der Waals surface area contributed by atoms with E-state index >= 15 is 0 Å². The Morgan fingerprint density at radius 1 is 1.21 bits per heavy atom. The minimum atomic E-state index is -0.610. The minimum absolute atomic E-state index is 0.0520. The molecular weight excluding hydrogens is 421 g/mol. The molecule has 172 valence electrons. The van der Waals surface area contributed by atoms with Crippen molar-refractivity contribution < 1.29 is 18.7 Å². The Hall–Kier alpha value is -3.48. The molecule has 1 aromatic heterocycles. The number of amides is 2. The summed E-state index contributed by atoms with van der Waals surface area (Å²) in [6, 6.07) is 13.6.